The minimum atomic E-state index is -0.470. The van der Waals surface area contributed by atoms with Crippen molar-refractivity contribution < 1.29 is 9.84 Å². The number of rotatable bonds is 8. The highest BCUT2D eigenvalue weighted by Crippen LogP contribution is 2.30. The number of ether oxygens (including phenoxy) is 1. The van der Waals surface area contributed by atoms with E-state index in [9.17, 15) is 5.11 Å². The van der Waals surface area contributed by atoms with E-state index < -0.39 is 5.60 Å². The number of aliphatic hydroxyl groups is 1. The van der Waals surface area contributed by atoms with Crippen LogP contribution in [0.25, 0.3) is 0 Å². The van der Waals surface area contributed by atoms with Crippen molar-refractivity contribution in [3.05, 3.63) is 35.9 Å². The summed E-state index contributed by atoms with van der Waals surface area (Å²) >= 11 is 0. The summed E-state index contributed by atoms with van der Waals surface area (Å²) in [5.41, 5.74) is 0.841. The molecule has 2 rings (SSSR count). The Morgan fingerprint density at radius 3 is 2.55 bits per heavy atom. The lowest BCUT2D eigenvalue weighted by Crippen LogP contribution is -2.41. The molecule has 0 aliphatic heterocycles. The molecule has 1 saturated carbocycles. The van der Waals surface area contributed by atoms with Gasteiger partial charge in [0.25, 0.3) is 0 Å². The summed E-state index contributed by atoms with van der Waals surface area (Å²) in [4.78, 5) is 2.37. The van der Waals surface area contributed by atoms with Gasteiger partial charge >= 0.3 is 0 Å². The second-order valence-corrected chi connectivity index (χ2v) is 5.97. The van der Waals surface area contributed by atoms with Gasteiger partial charge in [-0.05, 0) is 24.8 Å². The van der Waals surface area contributed by atoms with Crippen LogP contribution in [0.4, 0.5) is 0 Å². The van der Waals surface area contributed by atoms with Crippen molar-refractivity contribution in [2.24, 2.45) is 0 Å². The van der Waals surface area contributed by atoms with E-state index in [4.69, 9.17) is 4.74 Å². The zero-order valence-corrected chi connectivity index (χ0v) is 12.6. The molecule has 0 unspecified atom stereocenters. The van der Waals surface area contributed by atoms with Crippen molar-refractivity contribution >= 4 is 0 Å². The van der Waals surface area contributed by atoms with E-state index in [1.807, 2.05) is 6.07 Å². The summed E-state index contributed by atoms with van der Waals surface area (Å²) in [5, 5.41) is 10.6. The normalized spacial score (nSPS) is 17.8. The minimum absolute atomic E-state index is 0.470. The van der Waals surface area contributed by atoms with Crippen molar-refractivity contribution in [2.75, 3.05) is 26.8 Å². The molecule has 112 valence electrons. The van der Waals surface area contributed by atoms with Crippen LogP contribution in [0.15, 0.2) is 30.3 Å². The third kappa shape index (κ3) is 4.89. The van der Waals surface area contributed by atoms with E-state index in [2.05, 4.69) is 29.2 Å². The van der Waals surface area contributed by atoms with Crippen LogP contribution in [0.3, 0.4) is 0 Å². The van der Waals surface area contributed by atoms with Gasteiger partial charge in [-0.15, -0.1) is 0 Å². The number of methoxy groups -OCH3 is 1. The van der Waals surface area contributed by atoms with Gasteiger partial charge in [-0.1, -0.05) is 43.2 Å². The molecule has 1 fully saturated rings. The third-order valence-electron chi connectivity index (χ3n) is 4.12. The second kappa shape index (κ2) is 7.77. The predicted molar refractivity (Wildman–Crippen MR) is 81.6 cm³/mol. The van der Waals surface area contributed by atoms with Crippen LogP contribution in [0, 0.1) is 0 Å². The van der Waals surface area contributed by atoms with E-state index in [0.717, 1.165) is 58.3 Å². The molecule has 1 N–H and O–H groups in total. The quantitative estimate of drug-likeness (QED) is 0.742. The summed E-state index contributed by atoms with van der Waals surface area (Å²) in [6.07, 6.45) is 5.23. The van der Waals surface area contributed by atoms with Gasteiger partial charge in [0.1, 0.15) is 0 Å². The van der Waals surface area contributed by atoms with E-state index in [-0.39, 0.29) is 0 Å². The first-order valence-corrected chi connectivity index (χ1v) is 7.69. The highest BCUT2D eigenvalue weighted by atomic mass is 16.5. The Hall–Kier alpha value is -0.900. The highest BCUT2D eigenvalue weighted by Gasteiger charge is 2.32. The summed E-state index contributed by atoms with van der Waals surface area (Å²) in [6.45, 7) is 3.45. The first-order chi connectivity index (χ1) is 9.72. The Balaban J connectivity index is 1.92. The molecular weight excluding hydrogens is 250 g/mol. The second-order valence-electron chi connectivity index (χ2n) is 5.97. The first kappa shape index (κ1) is 15.5. The first-order valence-electron chi connectivity index (χ1n) is 7.69. The number of nitrogens with zero attached hydrogens (tertiary/aromatic N) is 1. The predicted octanol–water partition coefficient (Wildman–Crippen LogP) is 2.83. The largest absolute Gasteiger partial charge is 0.389 e. The fraction of sp³-hybridized carbons (Fsp3) is 0.647. The molecule has 20 heavy (non-hydrogen) atoms. The lowest BCUT2D eigenvalue weighted by atomic mass is 10.0. The molecule has 1 aliphatic rings. The molecule has 0 atom stereocenters. The van der Waals surface area contributed by atoms with Gasteiger partial charge < -0.3 is 9.84 Å². The summed E-state index contributed by atoms with van der Waals surface area (Å²) in [6, 6.07) is 10.5. The molecule has 1 aromatic carbocycles. The zero-order chi connectivity index (χ0) is 14.3. The minimum Gasteiger partial charge on any atom is -0.389 e. The van der Waals surface area contributed by atoms with Gasteiger partial charge in [-0.25, -0.2) is 0 Å². The average Bonchev–Trinajstić information content (AvgIpc) is 2.86. The standard InChI is InChI=1S/C17H27NO2/c1-20-13-7-12-18(14-16-8-3-2-4-9-16)15-17(19)10-5-6-11-17/h2-4,8-9,19H,5-7,10-15H2,1H3. The van der Waals surface area contributed by atoms with E-state index in [1.54, 1.807) is 7.11 Å². The lowest BCUT2D eigenvalue weighted by Gasteiger charge is -2.31. The fourth-order valence-electron chi connectivity index (χ4n) is 3.10. The van der Waals surface area contributed by atoms with Crippen LogP contribution in [0.1, 0.15) is 37.7 Å². The molecule has 1 aliphatic carbocycles. The molecule has 0 radical (unpaired) electrons. The third-order valence-corrected chi connectivity index (χ3v) is 4.12. The monoisotopic (exact) mass is 277 g/mol. The number of hydrogen-bond donors (Lipinski definition) is 1. The molecule has 0 aromatic heterocycles. The van der Waals surface area contributed by atoms with Crippen LogP contribution in [0.5, 0.6) is 0 Å². The van der Waals surface area contributed by atoms with Crippen molar-refractivity contribution in [3.8, 4) is 0 Å². The Kier molecular flexibility index (Phi) is 6.02. The summed E-state index contributed by atoms with van der Waals surface area (Å²) < 4.78 is 5.15. The van der Waals surface area contributed by atoms with Crippen molar-refractivity contribution in [2.45, 2.75) is 44.2 Å². The Bertz CT molecular complexity index is 374. The van der Waals surface area contributed by atoms with Gasteiger partial charge in [0.05, 0.1) is 5.60 Å². The van der Waals surface area contributed by atoms with Crippen LogP contribution >= 0.6 is 0 Å². The SMILES string of the molecule is COCCCN(Cc1ccccc1)CC1(O)CCCC1. The van der Waals surface area contributed by atoms with E-state index >= 15 is 0 Å². The zero-order valence-electron chi connectivity index (χ0n) is 12.6. The van der Waals surface area contributed by atoms with Crippen LogP contribution in [-0.2, 0) is 11.3 Å². The van der Waals surface area contributed by atoms with E-state index in [0.29, 0.717) is 0 Å². The molecule has 3 nitrogen and oxygen atoms in total. The maximum Gasteiger partial charge on any atom is 0.0774 e. The molecule has 0 saturated heterocycles. The van der Waals surface area contributed by atoms with Crippen LogP contribution < -0.4 is 0 Å². The van der Waals surface area contributed by atoms with Crippen LogP contribution in [-0.4, -0.2) is 42.4 Å². The molecule has 1 aromatic rings. The maximum atomic E-state index is 10.6. The molecule has 0 bridgehead atoms. The Labute approximate surface area is 122 Å². The Morgan fingerprint density at radius 2 is 1.90 bits per heavy atom. The van der Waals surface area contributed by atoms with Gasteiger partial charge in [-0.3, -0.25) is 4.90 Å². The maximum absolute atomic E-state index is 10.6. The highest BCUT2D eigenvalue weighted by molar-refractivity contribution is 5.14. The lowest BCUT2D eigenvalue weighted by molar-refractivity contribution is 0.00499. The number of hydrogen-bond acceptors (Lipinski definition) is 3. The Morgan fingerprint density at radius 1 is 1.20 bits per heavy atom. The summed E-state index contributed by atoms with van der Waals surface area (Å²) in [7, 11) is 1.74. The van der Waals surface area contributed by atoms with Crippen molar-refractivity contribution in [3.63, 3.8) is 0 Å². The molecule has 3 heteroatoms. The van der Waals surface area contributed by atoms with Gasteiger partial charge in [0.2, 0.25) is 0 Å². The smallest absolute Gasteiger partial charge is 0.0774 e. The molecule has 0 spiro atoms. The van der Waals surface area contributed by atoms with E-state index in [1.165, 1.54) is 5.56 Å². The van der Waals surface area contributed by atoms with Gasteiger partial charge in [0, 0.05) is 33.4 Å². The van der Waals surface area contributed by atoms with Gasteiger partial charge in [-0.2, -0.15) is 0 Å². The number of benzene rings is 1. The fourth-order valence-corrected chi connectivity index (χ4v) is 3.10. The van der Waals surface area contributed by atoms with Gasteiger partial charge in [0.15, 0.2) is 0 Å². The molecular formula is C17H27NO2. The topological polar surface area (TPSA) is 32.7 Å². The molecule has 0 heterocycles. The van der Waals surface area contributed by atoms with Crippen LogP contribution in [0.2, 0.25) is 0 Å². The summed E-state index contributed by atoms with van der Waals surface area (Å²) in [5.74, 6) is 0. The van der Waals surface area contributed by atoms with Crippen molar-refractivity contribution in [1.29, 1.82) is 0 Å². The molecule has 0 amide bonds. The average molecular weight is 277 g/mol. The van der Waals surface area contributed by atoms with Crippen molar-refractivity contribution in [1.82, 2.24) is 4.90 Å².